The van der Waals surface area contributed by atoms with Crippen LogP contribution in [-0.4, -0.2) is 41.9 Å². The van der Waals surface area contributed by atoms with Gasteiger partial charge in [0.25, 0.3) is 0 Å². The molecule has 0 aromatic rings. The number of thioether (sulfide) groups is 1. The number of hydrogen-bond donors (Lipinski definition) is 1. The van der Waals surface area contributed by atoms with Crippen molar-refractivity contribution in [3.63, 3.8) is 0 Å². The predicted octanol–water partition coefficient (Wildman–Crippen LogP) is 1.72. The van der Waals surface area contributed by atoms with E-state index in [4.69, 9.17) is 5.73 Å². The van der Waals surface area contributed by atoms with E-state index < -0.39 is 0 Å². The summed E-state index contributed by atoms with van der Waals surface area (Å²) in [6.07, 6.45) is 3.86. The molecule has 0 aromatic carbocycles. The zero-order valence-electron chi connectivity index (χ0n) is 10.3. The lowest BCUT2D eigenvalue weighted by atomic mass is 10.0. The highest BCUT2D eigenvalue weighted by Gasteiger charge is 2.15. The highest BCUT2D eigenvalue weighted by molar-refractivity contribution is 7.99. The van der Waals surface area contributed by atoms with E-state index in [1.807, 2.05) is 16.7 Å². The maximum absolute atomic E-state index is 11.9. The molecule has 94 valence electrons. The molecule has 1 fully saturated rings. The van der Waals surface area contributed by atoms with Gasteiger partial charge in [-0.3, -0.25) is 4.79 Å². The van der Waals surface area contributed by atoms with E-state index in [0.717, 1.165) is 44.6 Å². The van der Waals surface area contributed by atoms with E-state index in [2.05, 4.69) is 6.92 Å². The first-order valence-corrected chi connectivity index (χ1v) is 7.45. The van der Waals surface area contributed by atoms with E-state index in [0.29, 0.717) is 18.2 Å². The van der Waals surface area contributed by atoms with Crippen LogP contribution in [0.1, 0.15) is 32.6 Å². The van der Waals surface area contributed by atoms with E-state index in [1.54, 1.807) is 0 Å². The molecule has 1 heterocycles. The SMILES string of the molecule is CC(CCN)CCC(=O)N1CCCSCC1. The minimum atomic E-state index is 0.339. The van der Waals surface area contributed by atoms with E-state index in [1.165, 1.54) is 5.75 Å². The van der Waals surface area contributed by atoms with Crippen LogP contribution in [-0.2, 0) is 4.79 Å². The molecule has 3 nitrogen and oxygen atoms in total. The molecule has 1 amide bonds. The smallest absolute Gasteiger partial charge is 0.222 e. The Morgan fingerprint density at radius 1 is 1.38 bits per heavy atom. The van der Waals surface area contributed by atoms with Gasteiger partial charge >= 0.3 is 0 Å². The summed E-state index contributed by atoms with van der Waals surface area (Å²) < 4.78 is 0. The molecule has 2 N–H and O–H groups in total. The fourth-order valence-corrected chi connectivity index (χ4v) is 2.84. The summed E-state index contributed by atoms with van der Waals surface area (Å²) in [6, 6.07) is 0. The van der Waals surface area contributed by atoms with Crippen molar-refractivity contribution in [2.45, 2.75) is 32.6 Å². The monoisotopic (exact) mass is 244 g/mol. The van der Waals surface area contributed by atoms with Crippen LogP contribution < -0.4 is 5.73 Å². The van der Waals surface area contributed by atoms with Gasteiger partial charge in [-0.15, -0.1) is 0 Å². The summed E-state index contributed by atoms with van der Waals surface area (Å²) in [6.45, 7) is 4.81. The van der Waals surface area contributed by atoms with Gasteiger partial charge in [0, 0.05) is 25.3 Å². The third-order valence-corrected chi connectivity index (χ3v) is 4.13. The minimum absolute atomic E-state index is 0.339. The van der Waals surface area contributed by atoms with Crippen LogP contribution in [0.3, 0.4) is 0 Å². The van der Waals surface area contributed by atoms with Gasteiger partial charge in [-0.25, -0.2) is 0 Å². The molecule has 0 radical (unpaired) electrons. The van der Waals surface area contributed by atoms with Crippen LogP contribution in [0.5, 0.6) is 0 Å². The van der Waals surface area contributed by atoms with Gasteiger partial charge in [0.1, 0.15) is 0 Å². The van der Waals surface area contributed by atoms with Crippen molar-refractivity contribution in [3.8, 4) is 0 Å². The Bertz CT molecular complexity index is 203. The predicted molar refractivity (Wildman–Crippen MR) is 70.6 cm³/mol. The summed E-state index contributed by atoms with van der Waals surface area (Å²) in [5.74, 6) is 3.22. The molecule has 16 heavy (non-hydrogen) atoms. The molecule has 1 aliphatic heterocycles. The molecule has 1 saturated heterocycles. The Hall–Kier alpha value is -0.220. The third-order valence-electron chi connectivity index (χ3n) is 3.09. The van der Waals surface area contributed by atoms with Crippen LogP contribution in [0, 0.1) is 5.92 Å². The first-order valence-electron chi connectivity index (χ1n) is 6.29. The van der Waals surface area contributed by atoms with Gasteiger partial charge in [-0.2, -0.15) is 11.8 Å². The number of carbonyl (C=O) groups excluding carboxylic acids is 1. The average Bonchev–Trinajstić information content (AvgIpc) is 2.55. The highest BCUT2D eigenvalue weighted by Crippen LogP contribution is 2.14. The summed E-state index contributed by atoms with van der Waals surface area (Å²) >= 11 is 1.96. The van der Waals surface area contributed by atoms with E-state index in [-0.39, 0.29) is 0 Å². The lowest BCUT2D eigenvalue weighted by Gasteiger charge is -2.20. The zero-order valence-corrected chi connectivity index (χ0v) is 11.1. The number of amides is 1. The van der Waals surface area contributed by atoms with E-state index >= 15 is 0 Å². The Morgan fingerprint density at radius 3 is 2.94 bits per heavy atom. The normalized spacial score (nSPS) is 19.2. The van der Waals surface area contributed by atoms with Crippen molar-refractivity contribution >= 4 is 17.7 Å². The van der Waals surface area contributed by atoms with Crippen molar-refractivity contribution in [1.82, 2.24) is 4.90 Å². The summed E-state index contributed by atoms with van der Waals surface area (Å²) in [5.41, 5.74) is 5.50. The standard InChI is InChI=1S/C12H24N2OS/c1-11(5-6-13)3-4-12(15)14-7-2-9-16-10-8-14/h11H,2-10,13H2,1H3. The fraction of sp³-hybridized carbons (Fsp3) is 0.917. The van der Waals surface area contributed by atoms with Gasteiger partial charge in [-0.1, -0.05) is 6.92 Å². The Morgan fingerprint density at radius 2 is 2.19 bits per heavy atom. The molecule has 1 rings (SSSR count). The number of nitrogens with two attached hydrogens (primary N) is 1. The van der Waals surface area contributed by atoms with Gasteiger partial charge < -0.3 is 10.6 Å². The Kier molecular flexibility index (Phi) is 6.88. The van der Waals surface area contributed by atoms with Crippen LogP contribution in [0.2, 0.25) is 0 Å². The van der Waals surface area contributed by atoms with Crippen LogP contribution in [0.4, 0.5) is 0 Å². The van der Waals surface area contributed by atoms with Crippen molar-refractivity contribution < 1.29 is 4.79 Å². The molecule has 1 atom stereocenters. The first kappa shape index (κ1) is 13.8. The van der Waals surface area contributed by atoms with Gasteiger partial charge in [0.05, 0.1) is 0 Å². The van der Waals surface area contributed by atoms with Crippen molar-refractivity contribution in [1.29, 1.82) is 0 Å². The van der Waals surface area contributed by atoms with Crippen molar-refractivity contribution in [2.75, 3.05) is 31.1 Å². The second-order valence-electron chi connectivity index (χ2n) is 4.57. The topological polar surface area (TPSA) is 46.3 Å². The molecule has 0 spiro atoms. The quantitative estimate of drug-likeness (QED) is 0.801. The molecule has 1 aliphatic rings. The van der Waals surface area contributed by atoms with Crippen LogP contribution >= 0.6 is 11.8 Å². The zero-order chi connectivity index (χ0) is 11.8. The van der Waals surface area contributed by atoms with Gasteiger partial charge in [0.15, 0.2) is 0 Å². The summed E-state index contributed by atoms with van der Waals surface area (Å²) in [5, 5.41) is 0. The number of nitrogens with zero attached hydrogens (tertiary/aromatic N) is 1. The van der Waals surface area contributed by atoms with E-state index in [9.17, 15) is 4.79 Å². The maximum atomic E-state index is 11.9. The summed E-state index contributed by atoms with van der Waals surface area (Å²) in [4.78, 5) is 14.0. The minimum Gasteiger partial charge on any atom is -0.342 e. The second kappa shape index (κ2) is 7.96. The van der Waals surface area contributed by atoms with Crippen molar-refractivity contribution in [3.05, 3.63) is 0 Å². The third kappa shape index (κ3) is 5.21. The van der Waals surface area contributed by atoms with Crippen LogP contribution in [0.15, 0.2) is 0 Å². The number of carbonyl (C=O) groups is 1. The molecule has 0 aromatic heterocycles. The largest absolute Gasteiger partial charge is 0.342 e. The maximum Gasteiger partial charge on any atom is 0.222 e. The Balaban J connectivity index is 2.22. The lowest BCUT2D eigenvalue weighted by molar-refractivity contribution is -0.131. The average molecular weight is 244 g/mol. The molecule has 0 aliphatic carbocycles. The molecule has 4 heteroatoms. The van der Waals surface area contributed by atoms with Crippen LogP contribution in [0.25, 0.3) is 0 Å². The lowest BCUT2D eigenvalue weighted by Crippen LogP contribution is -2.33. The first-order chi connectivity index (χ1) is 7.74. The number of hydrogen-bond acceptors (Lipinski definition) is 3. The molecule has 0 bridgehead atoms. The molecular formula is C12H24N2OS. The molecule has 1 unspecified atom stereocenters. The molecule has 0 saturated carbocycles. The van der Waals surface area contributed by atoms with Gasteiger partial charge in [-0.05, 0) is 37.5 Å². The second-order valence-corrected chi connectivity index (χ2v) is 5.79. The molecular weight excluding hydrogens is 220 g/mol. The van der Waals surface area contributed by atoms with Crippen molar-refractivity contribution in [2.24, 2.45) is 11.7 Å². The Labute approximate surface area is 103 Å². The number of rotatable bonds is 5. The highest BCUT2D eigenvalue weighted by atomic mass is 32.2. The fourth-order valence-electron chi connectivity index (χ4n) is 1.95. The summed E-state index contributed by atoms with van der Waals surface area (Å²) in [7, 11) is 0. The van der Waals surface area contributed by atoms with Gasteiger partial charge in [0.2, 0.25) is 5.91 Å².